The Hall–Kier alpha value is -4.19. The normalized spacial score (nSPS) is 10.6. The van der Waals surface area contributed by atoms with Gasteiger partial charge in [0.1, 0.15) is 5.75 Å². The molecule has 154 valence electrons. The highest BCUT2D eigenvalue weighted by Gasteiger charge is 2.17. The van der Waals surface area contributed by atoms with Crippen molar-refractivity contribution in [3.05, 3.63) is 90.0 Å². The third kappa shape index (κ3) is 4.53. The van der Waals surface area contributed by atoms with Gasteiger partial charge in [0.05, 0.1) is 16.8 Å². The van der Waals surface area contributed by atoms with Gasteiger partial charge in [-0.15, -0.1) is 0 Å². The van der Waals surface area contributed by atoms with Crippen molar-refractivity contribution in [2.75, 3.05) is 11.9 Å². The molecule has 4 aromatic rings. The first-order chi connectivity index (χ1) is 15.0. The Morgan fingerprint density at radius 1 is 0.968 bits per heavy atom. The molecule has 31 heavy (non-hydrogen) atoms. The maximum absolute atomic E-state index is 12.9. The summed E-state index contributed by atoms with van der Waals surface area (Å²) in [6.07, 6.45) is 0. The summed E-state index contributed by atoms with van der Waals surface area (Å²) in [5.74, 6) is -0.887. The number of esters is 1. The molecule has 1 amide bonds. The minimum atomic E-state index is -0.612. The molecule has 0 spiro atoms. The summed E-state index contributed by atoms with van der Waals surface area (Å²) in [6, 6.07) is 22.8. The molecule has 0 aliphatic rings. The summed E-state index contributed by atoms with van der Waals surface area (Å²) in [7, 11) is 0. The lowest BCUT2D eigenvalue weighted by atomic mass is 10.0. The number of ether oxygens (including phenoxy) is 1. The van der Waals surface area contributed by atoms with E-state index in [2.05, 4.69) is 10.3 Å². The second-order valence-electron chi connectivity index (χ2n) is 7.06. The highest BCUT2D eigenvalue weighted by Crippen LogP contribution is 2.26. The predicted octanol–water partition coefficient (Wildman–Crippen LogP) is 4.71. The van der Waals surface area contributed by atoms with E-state index in [0.717, 1.165) is 11.1 Å². The van der Waals surface area contributed by atoms with Crippen molar-refractivity contribution < 1.29 is 19.4 Å². The fraction of sp³-hybridized carbons (Fsp3) is 0.0800. The molecule has 0 aliphatic heterocycles. The zero-order valence-corrected chi connectivity index (χ0v) is 16.8. The molecule has 0 aliphatic carbocycles. The molecule has 4 rings (SSSR count). The Bertz CT molecular complexity index is 1270. The number of fused-ring (bicyclic) bond motifs is 1. The molecule has 6 heteroatoms. The Morgan fingerprint density at radius 3 is 2.45 bits per heavy atom. The van der Waals surface area contributed by atoms with Crippen LogP contribution in [0.4, 0.5) is 5.69 Å². The van der Waals surface area contributed by atoms with Crippen LogP contribution in [0, 0.1) is 6.92 Å². The first-order valence-electron chi connectivity index (χ1n) is 9.73. The van der Waals surface area contributed by atoms with Crippen molar-refractivity contribution >= 4 is 28.5 Å². The van der Waals surface area contributed by atoms with Gasteiger partial charge in [-0.3, -0.25) is 4.79 Å². The molecule has 3 aromatic carbocycles. The molecule has 1 aromatic heterocycles. The maximum Gasteiger partial charge on any atom is 0.339 e. The first-order valence-corrected chi connectivity index (χ1v) is 9.73. The van der Waals surface area contributed by atoms with Crippen LogP contribution < -0.4 is 5.32 Å². The van der Waals surface area contributed by atoms with E-state index in [4.69, 9.17) is 4.74 Å². The number of anilines is 1. The van der Waals surface area contributed by atoms with Gasteiger partial charge in [0.25, 0.3) is 5.91 Å². The average molecular weight is 412 g/mol. The lowest BCUT2D eigenvalue weighted by Gasteiger charge is -2.11. The molecule has 0 atom stereocenters. The number of amides is 1. The standard InChI is InChI=1S/C25H20N2O4/c1-16-6-2-4-8-21(16)27-24(29)15-31-25(30)20-14-23(17-10-12-18(28)13-11-17)26-22-9-5-3-7-19(20)22/h2-14,28H,15H2,1H3,(H,27,29). The van der Waals surface area contributed by atoms with Crippen molar-refractivity contribution in [3.63, 3.8) is 0 Å². The summed E-state index contributed by atoms with van der Waals surface area (Å²) in [5, 5.41) is 12.9. The van der Waals surface area contributed by atoms with E-state index in [0.29, 0.717) is 27.8 Å². The Morgan fingerprint density at radius 2 is 1.68 bits per heavy atom. The van der Waals surface area contributed by atoms with Crippen LogP contribution in [-0.2, 0) is 9.53 Å². The smallest absolute Gasteiger partial charge is 0.339 e. The second kappa shape index (κ2) is 8.67. The number of nitrogens with zero attached hydrogens (tertiary/aromatic N) is 1. The topological polar surface area (TPSA) is 88.5 Å². The second-order valence-corrected chi connectivity index (χ2v) is 7.06. The molecule has 0 saturated heterocycles. The van der Waals surface area contributed by atoms with Gasteiger partial charge in [-0.1, -0.05) is 36.4 Å². The predicted molar refractivity (Wildman–Crippen MR) is 119 cm³/mol. The average Bonchev–Trinajstić information content (AvgIpc) is 2.79. The number of phenolic OH excluding ortho intramolecular Hbond substituents is 1. The van der Waals surface area contributed by atoms with Gasteiger partial charge in [-0.05, 0) is 55.0 Å². The number of hydrogen-bond donors (Lipinski definition) is 2. The number of pyridine rings is 1. The van der Waals surface area contributed by atoms with E-state index in [9.17, 15) is 14.7 Å². The first kappa shape index (κ1) is 20.1. The number of hydrogen-bond acceptors (Lipinski definition) is 5. The van der Waals surface area contributed by atoms with Crippen LogP contribution in [0.25, 0.3) is 22.2 Å². The number of nitrogens with one attached hydrogen (secondary N) is 1. The van der Waals surface area contributed by atoms with Crippen LogP contribution in [0.2, 0.25) is 0 Å². The third-order valence-electron chi connectivity index (χ3n) is 4.85. The lowest BCUT2D eigenvalue weighted by Crippen LogP contribution is -2.21. The number of phenols is 1. The van der Waals surface area contributed by atoms with Gasteiger partial charge < -0.3 is 15.2 Å². The van der Waals surface area contributed by atoms with Crippen LogP contribution in [0.1, 0.15) is 15.9 Å². The SMILES string of the molecule is Cc1ccccc1NC(=O)COC(=O)c1cc(-c2ccc(O)cc2)nc2ccccc12. The molecule has 0 saturated carbocycles. The number of carbonyl (C=O) groups excluding carboxylic acids is 2. The molecule has 0 unspecified atom stereocenters. The summed E-state index contributed by atoms with van der Waals surface area (Å²) >= 11 is 0. The van der Waals surface area contributed by atoms with Gasteiger partial charge in [-0.25, -0.2) is 9.78 Å². The van der Waals surface area contributed by atoms with Gasteiger partial charge in [-0.2, -0.15) is 0 Å². The quantitative estimate of drug-likeness (QED) is 0.464. The molecule has 0 fully saturated rings. The van der Waals surface area contributed by atoms with Gasteiger partial charge in [0.2, 0.25) is 0 Å². The number of carbonyl (C=O) groups is 2. The third-order valence-corrected chi connectivity index (χ3v) is 4.85. The van der Waals surface area contributed by atoms with Gasteiger partial charge in [0, 0.05) is 16.6 Å². The Labute approximate surface area is 179 Å². The van der Waals surface area contributed by atoms with Gasteiger partial charge >= 0.3 is 5.97 Å². The van der Waals surface area contributed by atoms with Crippen molar-refractivity contribution in [2.45, 2.75) is 6.92 Å². The van der Waals surface area contributed by atoms with Crippen LogP contribution in [0.5, 0.6) is 5.75 Å². The molecule has 1 heterocycles. The minimum absolute atomic E-state index is 0.142. The molecular weight excluding hydrogens is 392 g/mol. The maximum atomic E-state index is 12.9. The minimum Gasteiger partial charge on any atom is -0.508 e. The van der Waals surface area contributed by atoms with E-state index in [1.165, 1.54) is 0 Å². The lowest BCUT2D eigenvalue weighted by molar-refractivity contribution is -0.119. The van der Waals surface area contributed by atoms with Crippen LogP contribution in [0.3, 0.4) is 0 Å². The van der Waals surface area contributed by atoms with Crippen molar-refractivity contribution in [1.82, 2.24) is 4.98 Å². The van der Waals surface area contributed by atoms with E-state index >= 15 is 0 Å². The van der Waals surface area contributed by atoms with Crippen molar-refractivity contribution in [2.24, 2.45) is 0 Å². The number of aryl methyl sites for hydroxylation is 1. The Kier molecular flexibility index (Phi) is 5.62. The summed E-state index contributed by atoms with van der Waals surface area (Å²) in [4.78, 5) is 29.7. The van der Waals surface area contributed by atoms with E-state index in [1.54, 1.807) is 48.5 Å². The zero-order valence-electron chi connectivity index (χ0n) is 16.8. The summed E-state index contributed by atoms with van der Waals surface area (Å²) < 4.78 is 5.30. The van der Waals surface area contributed by atoms with Crippen LogP contribution in [0.15, 0.2) is 78.9 Å². The number of benzene rings is 3. The summed E-state index contributed by atoms with van der Waals surface area (Å²) in [5.41, 5.74) is 3.85. The molecule has 2 N–H and O–H groups in total. The Balaban J connectivity index is 1.57. The largest absolute Gasteiger partial charge is 0.508 e. The summed E-state index contributed by atoms with van der Waals surface area (Å²) in [6.45, 7) is 1.48. The van der Waals surface area contributed by atoms with E-state index in [-0.39, 0.29) is 5.75 Å². The molecule has 6 nitrogen and oxygen atoms in total. The zero-order chi connectivity index (χ0) is 21.8. The van der Waals surface area contributed by atoms with Crippen LogP contribution >= 0.6 is 0 Å². The van der Waals surface area contributed by atoms with Gasteiger partial charge in [0.15, 0.2) is 6.61 Å². The molecular formula is C25H20N2O4. The monoisotopic (exact) mass is 412 g/mol. The number of para-hydroxylation sites is 2. The van der Waals surface area contributed by atoms with Crippen molar-refractivity contribution in [3.8, 4) is 17.0 Å². The van der Waals surface area contributed by atoms with E-state index in [1.807, 2.05) is 37.3 Å². The van der Waals surface area contributed by atoms with Crippen LogP contribution in [-0.4, -0.2) is 28.6 Å². The van der Waals surface area contributed by atoms with Crippen molar-refractivity contribution in [1.29, 1.82) is 0 Å². The fourth-order valence-electron chi connectivity index (χ4n) is 3.23. The fourth-order valence-corrected chi connectivity index (χ4v) is 3.23. The number of aromatic hydroxyl groups is 1. The molecule has 0 radical (unpaired) electrons. The molecule has 0 bridgehead atoms. The number of aromatic nitrogens is 1. The van der Waals surface area contributed by atoms with E-state index < -0.39 is 18.5 Å². The highest BCUT2D eigenvalue weighted by atomic mass is 16.5. The highest BCUT2D eigenvalue weighted by molar-refractivity contribution is 6.05. The number of rotatable bonds is 5.